The summed E-state index contributed by atoms with van der Waals surface area (Å²) in [4.78, 5) is 61.1. The maximum absolute atomic E-state index is 14.2. The minimum Gasteiger partial charge on any atom is -0.371 e. The van der Waals surface area contributed by atoms with E-state index in [1.807, 2.05) is 12.1 Å². The van der Waals surface area contributed by atoms with E-state index in [0.29, 0.717) is 44.4 Å². The molecule has 0 aliphatic carbocycles. The van der Waals surface area contributed by atoms with Crippen LogP contribution in [0, 0.1) is 0 Å². The van der Waals surface area contributed by atoms with Crippen molar-refractivity contribution >= 4 is 45.8 Å². The van der Waals surface area contributed by atoms with Crippen LogP contribution >= 0.6 is 0 Å². The molecule has 0 unspecified atom stereocenters. The van der Waals surface area contributed by atoms with Gasteiger partial charge in [0.1, 0.15) is 0 Å². The lowest BCUT2D eigenvalue weighted by Gasteiger charge is -2.34. The van der Waals surface area contributed by atoms with Crippen molar-refractivity contribution in [3.05, 3.63) is 34.4 Å². The minimum atomic E-state index is -0.447. The van der Waals surface area contributed by atoms with Gasteiger partial charge in [-0.15, -0.1) is 0 Å². The van der Waals surface area contributed by atoms with Gasteiger partial charge in [0.05, 0.1) is 33.6 Å². The lowest BCUT2D eigenvalue weighted by molar-refractivity contribution is 0.0824. The van der Waals surface area contributed by atoms with Gasteiger partial charge < -0.3 is 9.80 Å². The van der Waals surface area contributed by atoms with Crippen molar-refractivity contribution in [1.29, 1.82) is 0 Å². The molecule has 2 aromatic rings. The van der Waals surface area contributed by atoms with Gasteiger partial charge in [-0.25, -0.2) is 0 Å². The molecular formula is C58H96N4O4. The van der Waals surface area contributed by atoms with Crippen LogP contribution in [0.5, 0.6) is 0 Å². The second-order valence-corrected chi connectivity index (χ2v) is 20.2. The Morgan fingerprint density at radius 3 is 0.742 bits per heavy atom. The molecule has 4 amide bonds. The Morgan fingerprint density at radius 1 is 0.303 bits per heavy atom. The number of hydrogen-bond acceptors (Lipinski definition) is 6. The number of unbranched alkanes of at least 4 members (excludes halogenated alkanes) is 32. The van der Waals surface area contributed by atoms with Gasteiger partial charge in [0.15, 0.2) is 0 Å². The number of rotatable bonds is 42. The number of carbonyl (C=O) groups is 4. The zero-order valence-electron chi connectivity index (χ0n) is 43.0. The SMILES string of the molecule is CCCCCCCCCCCCN(CCCCCCCCCC)c1cc2c3c(c(N(CCCCCCCCCC)CCCCCCCCCCCC)cc4c3c1C(=O)NC4=O)C(=O)NC2=O. The summed E-state index contributed by atoms with van der Waals surface area (Å²) in [6, 6.07) is 3.77. The fourth-order valence-electron chi connectivity index (χ4n) is 10.5. The molecule has 0 saturated carbocycles. The summed E-state index contributed by atoms with van der Waals surface area (Å²) in [5.41, 5.74) is 3.11. The first-order valence-electron chi connectivity index (χ1n) is 28.3. The standard InChI is InChI=1S/C58H96N4O4/c1-5-9-13-17-21-25-27-31-35-39-43-61(41-37-33-29-23-19-15-11-7-3)49-45-47-52-51-48(56(64)59-57(65)53(49)51)46-50(54(52)58(66)60-55(47)63)62(42-38-34-30-24-20-16-12-8-4)44-40-36-32-28-26-22-18-14-10-6-2/h45-46H,5-44H2,1-4H3,(H,59,64,65)(H,60,63,66). The molecule has 8 heteroatoms. The number of nitrogens with one attached hydrogen (secondary N) is 2. The highest BCUT2D eigenvalue weighted by atomic mass is 16.2. The molecule has 0 fully saturated rings. The van der Waals surface area contributed by atoms with E-state index in [9.17, 15) is 19.2 Å². The molecule has 2 aliphatic rings. The first kappa shape index (κ1) is 55.2. The van der Waals surface area contributed by atoms with E-state index in [1.165, 1.54) is 180 Å². The van der Waals surface area contributed by atoms with Gasteiger partial charge in [0.2, 0.25) is 0 Å². The maximum atomic E-state index is 14.2. The average molecular weight is 913 g/mol. The van der Waals surface area contributed by atoms with E-state index >= 15 is 0 Å². The van der Waals surface area contributed by atoms with Crippen LogP contribution in [0.25, 0.3) is 10.8 Å². The van der Waals surface area contributed by atoms with Crippen molar-refractivity contribution in [3.8, 4) is 0 Å². The van der Waals surface area contributed by atoms with Gasteiger partial charge in [-0.05, 0) is 37.8 Å². The molecule has 0 saturated heterocycles. The number of imide groups is 2. The number of carbonyl (C=O) groups excluding carboxylic acids is 4. The predicted molar refractivity (Wildman–Crippen MR) is 281 cm³/mol. The molecule has 2 heterocycles. The minimum absolute atomic E-state index is 0.402. The maximum Gasteiger partial charge on any atom is 0.260 e. The monoisotopic (exact) mass is 913 g/mol. The van der Waals surface area contributed by atoms with Crippen molar-refractivity contribution < 1.29 is 19.2 Å². The highest BCUT2D eigenvalue weighted by molar-refractivity contribution is 6.36. The largest absolute Gasteiger partial charge is 0.371 e. The molecule has 66 heavy (non-hydrogen) atoms. The summed E-state index contributed by atoms with van der Waals surface area (Å²) in [6.07, 6.45) is 44.2. The summed E-state index contributed by atoms with van der Waals surface area (Å²) in [7, 11) is 0. The van der Waals surface area contributed by atoms with E-state index < -0.39 is 23.6 Å². The quantitative estimate of drug-likeness (QED) is 0.0508. The molecule has 372 valence electrons. The number of hydrogen-bond donors (Lipinski definition) is 2. The van der Waals surface area contributed by atoms with Crippen LogP contribution in [0.3, 0.4) is 0 Å². The van der Waals surface area contributed by atoms with Gasteiger partial charge in [-0.2, -0.15) is 0 Å². The van der Waals surface area contributed by atoms with E-state index in [4.69, 9.17) is 0 Å². The van der Waals surface area contributed by atoms with Crippen molar-refractivity contribution in [2.24, 2.45) is 0 Å². The molecule has 2 N–H and O–H groups in total. The van der Waals surface area contributed by atoms with Crippen molar-refractivity contribution in [1.82, 2.24) is 10.6 Å². The summed E-state index contributed by atoms with van der Waals surface area (Å²) < 4.78 is 0. The molecule has 0 spiro atoms. The second kappa shape index (κ2) is 33.1. The molecular weight excluding hydrogens is 817 g/mol. The van der Waals surface area contributed by atoms with Gasteiger partial charge >= 0.3 is 0 Å². The topological polar surface area (TPSA) is 98.8 Å². The lowest BCUT2D eigenvalue weighted by Crippen LogP contribution is -2.42. The Bertz CT molecular complexity index is 1610. The average Bonchev–Trinajstić information content (AvgIpc) is 3.31. The van der Waals surface area contributed by atoms with Gasteiger partial charge in [-0.3, -0.25) is 29.8 Å². The Morgan fingerprint density at radius 2 is 0.515 bits per heavy atom. The van der Waals surface area contributed by atoms with E-state index in [1.54, 1.807) is 0 Å². The van der Waals surface area contributed by atoms with Gasteiger partial charge in [0, 0.05) is 37.0 Å². The molecule has 2 aromatic carbocycles. The van der Waals surface area contributed by atoms with Gasteiger partial charge in [-0.1, -0.05) is 233 Å². The van der Waals surface area contributed by atoms with Crippen LogP contribution in [0.2, 0.25) is 0 Å². The van der Waals surface area contributed by atoms with Crippen LogP contribution < -0.4 is 20.4 Å². The van der Waals surface area contributed by atoms with Crippen molar-refractivity contribution in [2.45, 2.75) is 259 Å². The zero-order valence-corrected chi connectivity index (χ0v) is 43.0. The Hall–Kier alpha value is -3.42. The first-order valence-corrected chi connectivity index (χ1v) is 28.3. The lowest BCUT2D eigenvalue weighted by atomic mass is 9.84. The third-order valence-corrected chi connectivity index (χ3v) is 14.6. The smallest absolute Gasteiger partial charge is 0.260 e. The zero-order chi connectivity index (χ0) is 47.2. The van der Waals surface area contributed by atoms with E-state index in [2.05, 4.69) is 48.1 Å². The third kappa shape index (κ3) is 18.2. The molecule has 0 bridgehead atoms. The highest BCUT2D eigenvalue weighted by Crippen LogP contribution is 2.44. The van der Waals surface area contributed by atoms with Crippen LogP contribution in [-0.4, -0.2) is 49.8 Å². The molecule has 8 nitrogen and oxygen atoms in total. The number of anilines is 2. The first-order chi connectivity index (χ1) is 32.4. The Labute approximate surface area is 403 Å². The van der Waals surface area contributed by atoms with Crippen LogP contribution in [0.4, 0.5) is 11.4 Å². The normalized spacial score (nSPS) is 13.2. The molecule has 4 rings (SSSR count). The highest BCUT2D eigenvalue weighted by Gasteiger charge is 2.38. The Balaban J connectivity index is 1.64. The predicted octanol–water partition coefficient (Wildman–Crippen LogP) is 16.3. The Kier molecular flexibility index (Phi) is 27.7. The summed E-state index contributed by atoms with van der Waals surface area (Å²) in [6.45, 7) is 12.1. The summed E-state index contributed by atoms with van der Waals surface area (Å²) in [5.74, 6) is -1.76. The summed E-state index contributed by atoms with van der Waals surface area (Å²) in [5, 5.41) is 6.41. The van der Waals surface area contributed by atoms with Crippen molar-refractivity contribution in [3.63, 3.8) is 0 Å². The summed E-state index contributed by atoms with van der Waals surface area (Å²) >= 11 is 0. The molecule has 0 radical (unpaired) electrons. The molecule has 2 aliphatic heterocycles. The van der Waals surface area contributed by atoms with E-state index in [-0.39, 0.29) is 0 Å². The van der Waals surface area contributed by atoms with Crippen molar-refractivity contribution in [2.75, 3.05) is 36.0 Å². The number of amides is 4. The van der Waals surface area contributed by atoms with Crippen LogP contribution in [0.1, 0.15) is 300 Å². The number of nitrogens with zero attached hydrogens (tertiary/aromatic N) is 2. The van der Waals surface area contributed by atoms with E-state index in [0.717, 1.165) is 77.5 Å². The fourth-order valence-corrected chi connectivity index (χ4v) is 10.5. The molecule has 0 aromatic heterocycles. The van der Waals surface area contributed by atoms with Crippen LogP contribution in [0.15, 0.2) is 12.1 Å². The fraction of sp³-hybridized carbons (Fsp3) is 0.759. The molecule has 0 atom stereocenters. The van der Waals surface area contributed by atoms with Gasteiger partial charge in [0.25, 0.3) is 23.6 Å². The third-order valence-electron chi connectivity index (χ3n) is 14.6. The van der Waals surface area contributed by atoms with Crippen LogP contribution in [-0.2, 0) is 0 Å². The second-order valence-electron chi connectivity index (χ2n) is 20.2. The number of benzene rings is 2.